The van der Waals surface area contributed by atoms with Gasteiger partial charge in [0, 0.05) is 23.6 Å². The maximum absolute atomic E-state index is 4.91. The third kappa shape index (κ3) is 3.35. The lowest BCUT2D eigenvalue weighted by atomic mass is 9.82. The molecule has 5 heteroatoms. The van der Waals surface area contributed by atoms with E-state index in [4.69, 9.17) is 4.98 Å². The van der Waals surface area contributed by atoms with Crippen molar-refractivity contribution >= 4 is 22.9 Å². The zero-order valence-electron chi connectivity index (χ0n) is 15.2. The summed E-state index contributed by atoms with van der Waals surface area (Å²) in [6.45, 7) is 7.14. The second-order valence-electron chi connectivity index (χ2n) is 7.63. The average Bonchev–Trinajstić information content (AvgIpc) is 2.95. The number of allylic oxidation sites excluding steroid dienone is 1. The van der Waals surface area contributed by atoms with E-state index < -0.39 is 0 Å². The molecule has 0 spiro atoms. The maximum atomic E-state index is 4.91. The number of hydrogen-bond acceptors (Lipinski definition) is 4. The van der Waals surface area contributed by atoms with Crippen LogP contribution in [0, 0.1) is 11.8 Å². The third-order valence-corrected chi connectivity index (χ3v) is 7.01. The molecular weight excluding hydrogens is 328 g/mol. The van der Waals surface area contributed by atoms with Gasteiger partial charge in [0.05, 0.1) is 0 Å². The summed E-state index contributed by atoms with van der Waals surface area (Å²) < 4.78 is 2.32. The van der Waals surface area contributed by atoms with Crippen LogP contribution in [-0.2, 0) is 19.4 Å². The van der Waals surface area contributed by atoms with Crippen LogP contribution in [0.15, 0.2) is 17.8 Å². The average molecular weight is 357 g/mol. The van der Waals surface area contributed by atoms with Crippen LogP contribution >= 0.6 is 11.8 Å². The van der Waals surface area contributed by atoms with Gasteiger partial charge in [-0.2, -0.15) is 0 Å². The van der Waals surface area contributed by atoms with E-state index in [1.165, 1.54) is 49.8 Å². The standard InChI is InChI=1S/C20H28N4S/c1-3-12-24-17-11-7-6-10-16(17)18-19(24)21-20(23-22-18)25-13-15-9-5-4-8-14(15)2/h3,14-15H,1,4-13H2,2H3. The van der Waals surface area contributed by atoms with E-state index >= 15 is 0 Å². The predicted molar refractivity (Wildman–Crippen MR) is 104 cm³/mol. The normalized spacial score (nSPS) is 23.6. The van der Waals surface area contributed by atoms with Crippen molar-refractivity contribution in [2.45, 2.75) is 70.0 Å². The van der Waals surface area contributed by atoms with Gasteiger partial charge >= 0.3 is 0 Å². The smallest absolute Gasteiger partial charge is 0.211 e. The zero-order chi connectivity index (χ0) is 17.2. The van der Waals surface area contributed by atoms with Crippen LogP contribution < -0.4 is 0 Å². The van der Waals surface area contributed by atoms with E-state index in [9.17, 15) is 0 Å². The number of nitrogens with zero attached hydrogens (tertiary/aromatic N) is 4. The molecule has 0 aliphatic heterocycles. The minimum atomic E-state index is 0.797. The van der Waals surface area contributed by atoms with E-state index in [0.29, 0.717) is 0 Å². The van der Waals surface area contributed by atoms with Crippen LogP contribution in [0.3, 0.4) is 0 Å². The molecule has 0 bridgehead atoms. The van der Waals surface area contributed by atoms with Gasteiger partial charge in [0.15, 0.2) is 5.65 Å². The fourth-order valence-electron chi connectivity index (χ4n) is 4.47. The largest absolute Gasteiger partial charge is 0.324 e. The van der Waals surface area contributed by atoms with Crippen molar-refractivity contribution in [3.05, 3.63) is 23.9 Å². The minimum Gasteiger partial charge on any atom is -0.324 e. The molecule has 2 aliphatic rings. The van der Waals surface area contributed by atoms with Gasteiger partial charge in [0.2, 0.25) is 5.16 Å². The van der Waals surface area contributed by atoms with Crippen molar-refractivity contribution < 1.29 is 0 Å². The topological polar surface area (TPSA) is 43.6 Å². The first kappa shape index (κ1) is 17.1. The highest BCUT2D eigenvalue weighted by Gasteiger charge is 2.24. The van der Waals surface area contributed by atoms with Crippen LogP contribution in [0.4, 0.5) is 0 Å². The molecule has 2 aliphatic carbocycles. The molecule has 0 saturated heterocycles. The van der Waals surface area contributed by atoms with Crippen LogP contribution in [0.2, 0.25) is 0 Å². The first-order chi connectivity index (χ1) is 12.3. The summed E-state index contributed by atoms with van der Waals surface area (Å²) in [4.78, 5) is 4.91. The number of thioether (sulfide) groups is 1. The number of fused-ring (bicyclic) bond motifs is 3. The summed E-state index contributed by atoms with van der Waals surface area (Å²) in [6, 6.07) is 0. The summed E-state index contributed by atoms with van der Waals surface area (Å²) >= 11 is 1.79. The second-order valence-corrected chi connectivity index (χ2v) is 8.62. The number of rotatable bonds is 5. The Morgan fingerprint density at radius 2 is 2.00 bits per heavy atom. The Morgan fingerprint density at radius 1 is 1.16 bits per heavy atom. The molecule has 0 amide bonds. The molecule has 2 heterocycles. The lowest BCUT2D eigenvalue weighted by molar-refractivity contribution is 0.282. The van der Waals surface area contributed by atoms with Crippen molar-refractivity contribution in [1.29, 1.82) is 0 Å². The van der Waals surface area contributed by atoms with Crippen molar-refractivity contribution in [2.75, 3.05) is 5.75 Å². The number of aromatic nitrogens is 4. The molecule has 1 saturated carbocycles. The quantitative estimate of drug-likeness (QED) is 0.569. The van der Waals surface area contributed by atoms with Crippen LogP contribution in [0.5, 0.6) is 0 Å². The number of aryl methyl sites for hydroxylation is 1. The van der Waals surface area contributed by atoms with E-state index in [1.807, 2.05) is 6.08 Å². The first-order valence-electron chi connectivity index (χ1n) is 9.76. The van der Waals surface area contributed by atoms with E-state index in [1.54, 1.807) is 11.8 Å². The molecule has 2 atom stereocenters. The first-order valence-corrected chi connectivity index (χ1v) is 10.7. The van der Waals surface area contributed by atoms with Gasteiger partial charge in [-0.25, -0.2) is 4.98 Å². The van der Waals surface area contributed by atoms with Gasteiger partial charge in [-0.3, -0.25) is 0 Å². The van der Waals surface area contributed by atoms with Crippen molar-refractivity contribution in [2.24, 2.45) is 11.8 Å². The van der Waals surface area contributed by atoms with Crippen molar-refractivity contribution in [1.82, 2.24) is 19.7 Å². The minimum absolute atomic E-state index is 0.797. The molecule has 0 N–H and O–H groups in total. The van der Waals surface area contributed by atoms with Gasteiger partial charge in [-0.1, -0.05) is 44.0 Å². The molecule has 0 radical (unpaired) electrons. The Labute approximate surface area is 154 Å². The number of hydrogen-bond donors (Lipinski definition) is 0. The van der Waals surface area contributed by atoms with E-state index in [0.717, 1.165) is 53.3 Å². The zero-order valence-corrected chi connectivity index (χ0v) is 16.0. The maximum Gasteiger partial charge on any atom is 0.211 e. The Balaban J connectivity index is 1.60. The fourth-order valence-corrected chi connectivity index (χ4v) is 5.57. The highest BCUT2D eigenvalue weighted by Crippen LogP contribution is 2.34. The van der Waals surface area contributed by atoms with Gasteiger partial charge < -0.3 is 4.57 Å². The summed E-state index contributed by atoms with van der Waals surface area (Å²) in [5.41, 5.74) is 4.82. The SMILES string of the molecule is C=CCn1c2c(c3nnc(SCC4CCCCC4C)nc31)CCCC2. The molecule has 1 fully saturated rings. The summed E-state index contributed by atoms with van der Waals surface area (Å²) in [6.07, 6.45) is 12.2. The monoisotopic (exact) mass is 356 g/mol. The lowest BCUT2D eigenvalue weighted by Gasteiger charge is -2.27. The summed E-state index contributed by atoms with van der Waals surface area (Å²) in [5, 5.41) is 9.89. The Kier molecular flexibility index (Phi) is 5.11. The molecule has 25 heavy (non-hydrogen) atoms. The third-order valence-electron chi connectivity index (χ3n) is 5.98. The molecule has 2 unspecified atom stereocenters. The molecule has 2 aromatic rings. The fraction of sp³-hybridized carbons (Fsp3) is 0.650. The van der Waals surface area contributed by atoms with Gasteiger partial charge in [0.1, 0.15) is 5.52 Å². The predicted octanol–water partition coefficient (Wildman–Crippen LogP) is 4.81. The van der Waals surface area contributed by atoms with Crippen LogP contribution in [0.1, 0.15) is 56.7 Å². The lowest BCUT2D eigenvalue weighted by Crippen LogP contribution is -2.18. The molecule has 4 rings (SSSR count). The van der Waals surface area contributed by atoms with Gasteiger partial charge in [-0.05, 0) is 43.9 Å². The Bertz CT molecular complexity index is 767. The van der Waals surface area contributed by atoms with Crippen molar-refractivity contribution in [3.63, 3.8) is 0 Å². The highest BCUT2D eigenvalue weighted by atomic mass is 32.2. The van der Waals surface area contributed by atoms with Gasteiger partial charge in [-0.15, -0.1) is 16.8 Å². The molecule has 4 nitrogen and oxygen atoms in total. The van der Waals surface area contributed by atoms with Crippen LogP contribution in [0.25, 0.3) is 11.2 Å². The Morgan fingerprint density at radius 3 is 2.84 bits per heavy atom. The van der Waals surface area contributed by atoms with Crippen LogP contribution in [-0.4, -0.2) is 25.5 Å². The molecule has 134 valence electrons. The van der Waals surface area contributed by atoms with Crippen molar-refractivity contribution in [3.8, 4) is 0 Å². The molecule has 0 aromatic carbocycles. The molecule has 2 aromatic heterocycles. The summed E-state index contributed by atoms with van der Waals surface area (Å²) in [5.74, 6) is 2.75. The van der Waals surface area contributed by atoms with E-state index in [2.05, 4.69) is 28.3 Å². The van der Waals surface area contributed by atoms with Gasteiger partial charge in [0.25, 0.3) is 0 Å². The molecular formula is C20H28N4S. The Hall–Kier alpha value is -1.36. The highest BCUT2D eigenvalue weighted by molar-refractivity contribution is 7.99. The van der Waals surface area contributed by atoms with E-state index in [-0.39, 0.29) is 0 Å². The summed E-state index contributed by atoms with van der Waals surface area (Å²) in [7, 11) is 0. The second kappa shape index (κ2) is 7.48.